The number of unbranched alkanes of at least 4 members (excludes halogenated alkanes) is 1. The zero-order chi connectivity index (χ0) is 21.0. The Morgan fingerprint density at radius 1 is 0.963 bits per heavy atom. The van der Waals surface area contributed by atoms with E-state index in [0.717, 1.165) is 0 Å². The Morgan fingerprint density at radius 3 is 2.04 bits per heavy atom. The third-order valence-electron chi connectivity index (χ3n) is 4.40. The predicted octanol–water partition coefficient (Wildman–Crippen LogP) is -0.592. The molecule has 0 spiro atoms. The van der Waals surface area contributed by atoms with Crippen LogP contribution >= 0.6 is 0 Å². The SMILES string of the molecule is CC[C@H](C)[C@H](N)C(=O)N[C@@H](CCCCN)C(=O)N[C@@H](CCC(=O)O)C(=O)O. The van der Waals surface area contributed by atoms with Gasteiger partial charge in [-0.3, -0.25) is 14.4 Å². The largest absolute Gasteiger partial charge is 0.481 e. The van der Waals surface area contributed by atoms with Crippen molar-refractivity contribution in [2.75, 3.05) is 6.54 Å². The van der Waals surface area contributed by atoms with Gasteiger partial charge in [-0.15, -0.1) is 0 Å². The third kappa shape index (κ3) is 9.90. The first-order valence-corrected chi connectivity index (χ1v) is 9.14. The molecule has 0 bridgehead atoms. The first-order valence-electron chi connectivity index (χ1n) is 9.14. The molecule has 0 aromatic heterocycles. The lowest BCUT2D eigenvalue weighted by atomic mass is 9.98. The lowest BCUT2D eigenvalue weighted by Crippen LogP contribution is -2.55. The van der Waals surface area contributed by atoms with Crippen molar-refractivity contribution in [1.29, 1.82) is 0 Å². The molecule has 27 heavy (non-hydrogen) atoms. The Morgan fingerprint density at radius 2 is 1.56 bits per heavy atom. The summed E-state index contributed by atoms with van der Waals surface area (Å²) < 4.78 is 0. The first-order chi connectivity index (χ1) is 12.6. The van der Waals surface area contributed by atoms with Gasteiger partial charge < -0.3 is 32.3 Å². The standard InChI is InChI=1S/C17H32N4O6/c1-3-10(2)14(19)16(25)20-11(6-4-5-9-18)15(24)21-12(17(26)27)7-8-13(22)23/h10-12,14H,3-9,18-19H2,1-2H3,(H,20,25)(H,21,24)(H,22,23)(H,26,27)/t10-,11-,12-,14-/m0/s1. The Hall–Kier alpha value is -2.20. The minimum Gasteiger partial charge on any atom is -0.481 e. The van der Waals surface area contributed by atoms with Crippen LogP contribution in [0.15, 0.2) is 0 Å². The number of amides is 2. The summed E-state index contributed by atoms with van der Waals surface area (Å²) >= 11 is 0. The average Bonchev–Trinajstić information content (AvgIpc) is 2.62. The van der Waals surface area contributed by atoms with Gasteiger partial charge in [-0.1, -0.05) is 20.3 Å². The van der Waals surface area contributed by atoms with Crippen molar-refractivity contribution in [3.63, 3.8) is 0 Å². The highest BCUT2D eigenvalue weighted by molar-refractivity contribution is 5.91. The second-order valence-corrected chi connectivity index (χ2v) is 6.59. The highest BCUT2D eigenvalue weighted by atomic mass is 16.4. The summed E-state index contributed by atoms with van der Waals surface area (Å²) in [5.41, 5.74) is 11.3. The number of nitrogens with two attached hydrogens (primary N) is 2. The lowest BCUT2D eigenvalue weighted by molar-refractivity contribution is -0.143. The molecule has 0 aliphatic rings. The monoisotopic (exact) mass is 388 g/mol. The van der Waals surface area contributed by atoms with Crippen molar-refractivity contribution in [2.45, 2.75) is 70.5 Å². The van der Waals surface area contributed by atoms with Gasteiger partial charge in [0, 0.05) is 6.42 Å². The fourth-order valence-electron chi connectivity index (χ4n) is 2.34. The molecule has 0 saturated carbocycles. The molecule has 0 aromatic rings. The van der Waals surface area contributed by atoms with Gasteiger partial charge in [0.25, 0.3) is 0 Å². The number of hydrogen-bond donors (Lipinski definition) is 6. The van der Waals surface area contributed by atoms with Crippen molar-refractivity contribution >= 4 is 23.8 Å². The minimum atomic E-state index is -1.36. The maximum absolute atomic E-state index is 12.5. The Kier molecular flexibility index (Phi) is 12.0. The maximum Gasteiger partial charge on any atom is 0.326 e. The molecule has 0 aliphatic carbocycles. The van der Waals surface area contributed by atoms with E-state index < -0.39 is 48.3 Å². The molecule has 4 atom stereocenters. The van der Waals surface area contributed by atoms with Crippen LogP contribution in [0, 0.1) is 5.92 Å². The van der Waals surface area contributed by atoms with Crippen LogP contribution in [0.3, 0.4) is 0 Å². The van der Waals surface area contributed by atoms with E-state index in [1.54, 1.807) is 0 Å². The van der Waals surface area contributed by atoms with Gasteiger partial charge in [-0.2, -0.15) is 0 Å². The number of nitrogens with one attached hydrogen (secondary N) is 2. The van der Waals surface area contributed by atoms with Gasteiger partial charge in [-0.05, 0) is 38.1 Å². The summed E-state index contributed by atoms with van der Waals surface area (Å²) in [4.78, 5) is 46.7. The predicted molar refractivity (Wildman–Crippen MR) is 98.7 cm³/mol. The van der Waals surface area contributed by atoms with Crippen LogP contribution in [-0.2, 0) is 19.2 Å². The number of aliphatic carboxylic acids is 2. The van der Waals surface area contributed by atoms with Crippen LogP contribution in [0.5, 0.6) is 0 Å². The number of carbonyl (C=O) groups excluding carboxylic acids is 2. The maximum atomic E-state index is 12.5. The fourth-order valence-corrected chi connectivity index (χ4v) is 2.34. The van der Waals surface area contributed by atoms with E-state index in [4.69, 9.17) is 16.6 Å². The smallest absolute Gasteiger partial charge is 0.326 e. The molecule has 0 unspecified atom stereocenters. The lowest BCUT2D eigenvalue weighted by Gasteiger charge is -2.24. The second-order valence-electron chi connectivity index (χ2n) is 6.59. The molecule has 0 heterocycles. The van der Waals surface area contributed by atoms with Crippen molar-refractivity contribution < 1.29 is 29.4 Å². The average molecular weight is 388 g/mol. The molecule has 10 heteroatoms. The van der Waals surface area contributed by atoms with Crippen LogP contribution in [0.4, 0.5) is 0 Å². The molecule has 0 fully saturated rings. The highest BCUT2D eigenvalue weighted by Gasteiger charge is 2.29. The van der Waals surface area contributed by atoms with Crippen molar-refractivity contribution in [3.8, 4) is 0 Å². The quantitative estimate of drug-likeness (QED) is 0.213. The Labute approximate surface area is 159 Å². The molecule has 10 nitrogen and oxygen atoms in total. The molecule has 0 aromatic carbocycles. The summed E-state index contributed by atoms with van der Waals surface area (Å²) in [6.45, 7) is 4.13. The third-order valence-corrected chi connectivity index (χ3v) is 4.40. The molecule has 8 N–H and O–H groups in total. The van der Waals surface area contributed by atoms with E-state index in [1.165, 1.54) is 0 Å². The zero-order valence-corrected chi connectivity index (χ0v) is 15.9. The number of rotatable bonds is 14. The number of carbonyl (C=O) groups is 4. The van der Waals surface area contributed by atoms with Crippen LogP contribution < -0.4 is 22.1 Å². The molecular formula is C17H32N4O6. The summed E-state index contributed by atoms with van der Waals surface area (Å²) in [7, 11) is 0. The fraction of sp³-hybridized carbons (Fsp3) is 0.765. The molecule has 0 rings (SSSR count). The van der Waals surface area contributed by atoms with Crippen molar-refractivity contribution in [1.82, 2.24) is 10.6 Å². The Balaban J connectivity index is 5.06. The second kappa shape index (κ2) is 13.0. The zero-order valence-electron chi connectivity index (χ0n) is 15.9. The van der Waals surface area contributed by atoms with Gasteiger partial charge in [-0.25, -0.2) is 4.79 Å². The van der Waals surface area contributed by atoms with Gasteiger partial charge >= 0.3 is 11.9 Å². The number of hydrogen-bond acceptors (Lipinski definition) is 6. The number of carboxylic acids is 2. The van der Waals surface area contributed by atoms with Gasteiger partial charge in [0.05, 0.1) is 6.04 Å². The van der Waals surface area contributed by atoms with Gasteiger partial charge in [0.2, 0.25) is 11.8 Å². The number of carboxylic acid groups (broad SMARTS) is 2. The van der Waals surface area contributed by atoms with E-state index in [-0.39, 0.29) is 18.8 Å². The van der Waals surface area contributed by atoms with Gasteiger partial charge in [0.1, 0.15) is 12.1 Å². The molecular weight excluding hydrogens is 356 g/mol. The van der Waals surface area contributed by atoms with E-state index in [1.807, 2.05) is 13.8 Å². The highest BCUT2D eigenvalue weighted by Crippen LogP contribution is 2.08. The minimum absolute atomic E-state index is 0.0833. The summed E-state index contributed by atoms with van der Waals surface area (Å²) in [6, 6.07) is -3.11. The summed E-state index contributed by atoms with van der Waals surface area (Å²) in [5, 5.41) is 22.7. The Bertz CT molecular complexity index is 514. The molecule has 2 amide bonds. The topological polar surface area (TPSA) is 185 Å². The van der Waals surface area contributed by atoms with Crippen LogP contribution in [-0.4, -0.2) is 58.6 Å². The van der Waals surface area contributed by atoms with E-state index >= 15 is 0 Å². The van der Waals surface area contributed by atoms with Gasteiger partial charge in [0.15, 0.2) is 0 Å². The molecule has 0 radical (unpaired) electrons. The van der Waals surface area contributed by atoms with Crippen LogP contribution in [0.25, 0.3) is 0 Å². The van der Waals surface area contributed by atoms with Crippen molar-refractivity contribution in [3.05, 3.63) is 0 Å². The van der Waals surface area contributed by atoms with E-state index in [9.17, 15) is 24.3 Å². The van der Waals surface area contributed by atoms with Crippen molar-refractivity contribution in [2.24, 2.45) is 17.4 Å². The molecule has 0 saturated heterocycles. The first kappa shape index (κ1) is 24.8. The summed E-state index contributed by atoms with van der Waals surface area (Å²) in [5.74, 6) is -3.76. The molecule has 0 aliphatic heterocycles. The van der Waals surface area contributed by atoms with E-state index in [2.05, 4.69) is 10.6 Å². The van der Waals surface area contributed by atoms with Crippen LogP contribution in [0.2, 0.25) is 0 Å². The van der Waals surface area contributed by atoms with Crippen LogP contribution in [0.1, 0.15) is 52.4 Å². The summed E-state index contributed by atoms with van der Waals surface area (Å²) in [6.07, 6.45) is 1.49. The van der Waals surface area contributed by atoms with E-state index in [0.29, 0.717) is 25.8 Å². The molecule has 156 valence electrons. The normalized spacial score (nSPS) is 15.3.